The molecule has 2 aliphatic rings. The summed E-state index contributed by atoms with van der Waals surface area (Å²) in [6.45, 7) is 13.4. The average molecular weight is 467 g/mol. The van der Waals surface area contributed by atoms with Crippen LogP contribution in [0.5, 0.6) is 0 Å². The van der Waals surface area contributed by atoms with Crippen LogP contribution in [0.2, 0.25) is 19.6 Å². The van der Waals surface area contributed by atoms with E-state index in [2.05, 4.69) is 62.3 Å². The van der Waals surface area contributed by atoms with E-state index in [1.54, 1.807) is 0 Å². The Hall–Kier alpha value is -0.140. The molecule has 10 radical (unpaired) electrons. The molecule has 0 saturated heterocycles. The molecule has 1 aromatic carbocycles. The van der Waals surface area contributed by atoms with Crippen molar-refractivity contribution in [3.63, 3.8) is 0 Å². The first-order chi connectivity index (χ1) is 13.0. The molecule has 0 spiro atoms. The van der Waals surface area contributed by atoms with Crippen LogP contribution in [0.1, 0.15) is 19.4 Å². The smallest absolute Gasteiger partial charge is 0.444 e. The monoisotopic (exact) mass is 465 g/mol. The molecule has 0 amide bonds. The Labute approximate surface area is 196 Å². The van der Waals surface area contributed by atoms with Gasteiger partial charge in [-0.2, -0.15) is 12.1 Å². The second-order valence-corrected chi connectivity index (χ2v) is 11.8. The van der Waals surface area contributed by atoms with Gasteiger partial charge >= 0.3 is 26.2 Å². The SMILES string of the molecule is CCN(CC)C(=[C-][Si](C)(C)C)c1[c-]cccc1.[CH]1[CH][CH][CH][CH]1.[CH]1[CH][CH][CH][CH]1.[Zr+4]. The zero-order chi connectivity index (χ0) is 20.0. The van der Waals surface area contributed by atoms with Crippen molar-refractivity contribution >= 4 is 13.8 Å². The third-order valence-corrected chi connectivity index (χ3v) is 4.64. The first kappa shape index (κ1) is 27.9. The molecule has 2 fully saturated rings. The molecule has 2 aliphatic carbocycles. The van der Waals surface area contributed by atoms with Gasteiger partial charge in [0.05, 0.1) is 0 Å². The van der Waals surface area contributed by atoms with Crippen LogP contribution in [0.15, 0.2) is 24.3 Å². The Morgan fingerprint density at radius 1 is 0.821 bits per heavy atom. The molecule has 0 unspecified atom stereocenters. The minimum absolute atomic E-state index is 0. The summed E-state index contributed by atoms with van der Waals surface area (Å²) < 4.78 is 0. The number of hydrogen-bond donors (Lipinski definition) is 0. The Morgan fingerprint density at radius 3 is 1.54 bits per heavy atom. The van der Waals surface area contributed by atoms with Gasteiger partial charge in [0.1, 0.15) is 0 Å². The Morgan fingerprint density at radius 2 is 1.25 bits per heavy atom. The van der Waals surface area contributed by atoms with Crippen LogP contribution in [0, 0.1) is 76.0 Å². The third kappa shape index (κ3) is 13.2. The van der Waals surface area contributed by atoms with Gasteiger partial charge in [0.15, 0.2) is 0 Å². The van der Waals surface area contributed by atoms with Crippen LogP contribution >= 0.6 is 0 Å². The van der Waals surface area contributed by atoms with Crippen molar-refractivity contribution < 1.29 is 26.2 Å². The Kier molecular flexibility index (Phi) is 16.6. The topological polar surface area (TPSA) is 3.24 Å². The quantitative estimate of drug-likeness (QED) is 0.386. The van der Waals surface area contributed by atoms with Gasteiger partial charge in [-0.25, -0.2) is 17.8 Å². The molecule has 3 rings (SSSR count). The second kappa shape index (κ2) is 16.6. The summed E-state index contributed by atoms with van der Waals surface area (Å²) in [5, 5.41) is 0. The van der Waals surface area contributed by atoms with Gasteiger partial charge in [-0.15, -0.1) is 6.07 Å². The van der Waals surface area contributed by atoms with Gasteiger partial charge in [0.2, 0.25) is 0 Å². The molecular weight excluding hydrogens is 434 g/mol. The van der Waals surface area contributed by atoms with Gasteiger partial charge in [0.25, 0.3) is 0 Å². The average Bonchev–Trinajstić information content (AvgIpc) is 3.40. The molecule has 0 N–H and O–H groups in total. The van der Waals surface area contributed by atoms with Crippen molar-refractivity contribution in [2.75, 3.05) is 13.1 Å². The van der Waals surface area contributed by atoms with Crippen LogP contribution in [0.4, 0.5) is 0 Å². The molecule has 2 saturated carbocycles. The summed E-state index contributed by atoms with van der Waals surface area (Å²) >= 11 is 0. The minimum Gasteiger partial charge on any atom is -0.444 e. The number of rotatable bonds is 5. The van der Waals surface area contributed by atoms with E-state index in [0.717, 1.165) is 13.1 Å². The minimum atomic E-state index is -1.35. The van der Waals surface area contributed by atoms with Crippen LogP contribution in [0.3, 0.4) is 0 Å². The van der Waals surface area contributed by atoms with E-state index in [1.807, 2.05) is 76.3 Å². The van der Waals surface area contributed by atoms with E-state index in [9.17, 15) is 0 Å². The van der Waals surface area contributed by atoms with Gasteiger partial charge < -0.3 is 10.6 Å². The molecule has 3 heteroatoms. The maximum absolute atomic E-state index is 3.72. The van der Waals surface area contributed by atoms with E-state index in [1.165, 1.54) is 11.3 Å². The fourth-order valence-electron chi connectivity index (χ4n) is 2.39. The van der Waals surface area contributed by atoms with Crippen molar-refractivity contribution in [2.45, 2.75) is 33.5 Å². The summed E-state index contributed by atoms with van der Waals surface area (Å²) in [5.41, 5.74) is 6.12. The first-order valence-corrected chi connectivity index (χ1v) is 13.2. The normalized spacial score (nSPS) is 16.2. The summed E-state index contributed by atoms with van der Waals surface area (Å²) in [6.07, 6.45) is 20.0. The summed E-state index contributed by atoms with van der Waals surface area (Å²) in [5.74, 6) is 0. The molecule has 1 aromatic rings. The van der Waals surface area contributed by atoms with Crippen molar-refractivity contribution in [3.8, 4) is 0 Å². The van der Waals surface area contributed by atoms with E-state index < -0.39 is 8.07 Å². The van der Waals surface area contributed by atoms with Crippen molar-refractivity contribution in [3.05, 3.63) is 106 Å². The molecular formula is C25H33NSiZr+2. The zero-order valence-electron chi connectivity index (χ0n) is 17.9. The van der Waals surface area contributed by atoms with Crippen LogP contribution in [-0.2, 0) is 26.2 Å². The van der Waals surface area contributed by atoms with Crippen molar-refractivity contribution in [2.24, 2.45) is 0 Å². The fourth-order valence-corrected chi connectivity index (χ4v) is 3.40. The molecule has 28 heavy (non-hydrogen) atoms. The maximum atomic E-state index is 3.72. The Bertz CT molecular complexity index is 470. The fraction of sp³-hybridized carbons (Fsp3) is 0.280. The van der Waals surface area contributed by atoms with Gasteiger partial charge in [-0.1, -0.05) is 19.6 Å². The molecule has 0 heterocycles. The molecule has 0 bridgehead atoms. The number of benzene rings is 1. The predicted molar refractivity (Wildman–Crippen MR) is 121 cm³/mol. The molecule has 1 nitrogen and oxygen atoms in total. The molecule has 0 aliphatic heterocycles. The van der Waals surface area contributed by atoms with Crippen LogP contribution in [-0.4, -0.2) is 26.1 Å². The largest absolute Gasteiger partial charge is 4.00 e. The summed E-state index contributed by atoms with van der Waals surface area (Å²) in [7, 11) is -1.35. The number of hydrogen-bond acceptors (Lipinski definition) is 1. The first-order valence-electron chi connectivity index (χ1n) is 9.68. The van der Waals surface area contributed by atoms with Gasteiger partial charge in [0, 0.05) is 13.1 Å². The molecule has 144 valence electrons. The van der Waals surface area contributed by atoms with E-state index in [-0.39, 0.29) is 26.2 Å². The Balaban J connectivity index is 0.000000535. The third-order valence-electron chi connectivity index (χ3n) is 3.65. The summed E-state index contributed by atoms with van der Waals surface area (Å²) in [4.78, 5) is 2.37. The van der Waals surface area contributed by atoms with E-state index in [0.29, 0.717) is 0 Å². The van der Waals surface area contributed by atoms with Gasteiger partial charge in [-0.3, -0.25) is 5.56 Å². The standard InChI is InChI=1S/C15H23NSi.2C5H5.Zr/c1-6-16(7-2)15(13-17(3,4)5)14-11-9-8-10-12-14;2*1-2-4-5-3-1;/h8-11H,6-7H2,1-5H3;2*1-5H;/q-2;;;+4. The molecule has 0 atom stereocenters. The number of nitrogens with zero attached hydrogens (tertiary/aromatic N) is 1. The van der Waals surface area contributed by atoms with E-state index >= 15 is 0 Å². The predicted octanol–water partition coefficient (Wildman–Crippen LogP) is 5.89. The van der Waals surface area contributed by atoms with E-state index in [4.69, 9.17) is 0 Å². The van der Waals surface area contributed by atoms with Crippen LogP contribution < -0.4 is 0 Å². The molecule has 0 aromatic heterocycles. The maximum Gasteiger partial charge on any atom is 4.00 e. The van der Waals surface area contributed by atoms with Crippen molar-refractivity contribution in [1.82, 2.24) is 4.90 Å². The second-order valence-electron chi connectivity index (χ2n) is 7.10. The van der Waals surface area contributed by atoms with Crippen molar-refractivity contribution in [1.29, 1.82) is 0 Å². The van der Waals surface area contributed by atoms with Crippen LogP contribution in [0.25, 0.3) is 5.70 Å². The summed E-state index contributed by atoms with van der Waals surface area (Å²) in [6, 6.07) is 11.5. The van der Waals surface area contributed by atoms with Gasteiger partial charge in [-0.05, 0) is 86.1 Å². The zero-order valence-corrected chi connectivity index (χ0v) is 21.4.